The van der Waals surface area contributed by atoms with E-state index >= 15 is 0 Å². The average Bonchev–Trinajstić information content (AvgIpc) is 2.47. The van der Waals surface area contributed by atoms with Crippen LogP contribution >= 0.6 is 0 Å². The molecule has 0 atom stereocenters. The van der Waals surface area contributed by atoms with E-state index in [2.05, 4.69) is 10.6 Å². The first-order chi connectivity index (χ1) is 9.86. The molecule has 2 amide bonds. The molecule has 0 saturated carbocycles. The van der Waals surface area contributed by atoms with Crippen molar-refractivity contribution in [1.29, 1.82) is 0 Å². The number of benzene rings is 1. The van der Waals surface area contributed by atoms with Crippen LogP contribution in [0, 0.1) is 0 Å². The normalized spacial score (nSPS) is 10.9. The van der Waals surface area contributed by atoms with Crippen LogP contribution in [0.25, 0.3) is 0 Å². The summed E-state index contributed by atoms with van der Waals surface area (Å²) in [5.74, 6) is 0.0449. The van der Waals surface area contributed by atoms with Crippen LogP contribution in [-0.2, 0) is 9.59 Å². The van der Waals surface area contributed by atoms with Crippen molar-refractivity contribution in [2.24, 2.45) is 5.73 Å². The maximum Gasteiger partial charge on any atom is 0.244 e. The summed E-state index contributed by atoms with van der Waals surface area (Å²) in [6.07, 6.45) is 1.10. The second kappa shape index (κ2) is 7.08. The molecule has 1 aromatic carbocycles. The van der Waals surface area contributed by atoms with Gasteiger partial charge in [0.25, 0.3) is 0 Å². The number of nitrogens with one attached hydrogen (secondary N) is 2. The molecule has 0 heterocycles. The molecule has 0 unspecified atom stereocenters. The lowest BCUT2D eigenvalue weighted by molar-refractivity contribution is -0.121. The third kappa shape index (κ3) is 4.19. The number of carbonyl (C=O) groups is 2. The molecule has 0 spiro atoms. The summed E-state index contributed by atoms with van der Waals surface area (Å²) in [7, 11) is 1.50. The number of amides is 2. The van der Waals surface area contributed by atoms with Gasteiger partial charge in [-0.1, -0.05) is 13.8 Å². The SMILES string of the molecule is CCC(N)(CC)C(=O)Nc1ccc(NC(C)=O)c(OC)c1. The predicted molar refractivity (Wildman–Crippen MR) is 83.4 cm³/mol. The molecule has 1 rings (SSSR count). The molecule has 4 N–H and O–H groups in total. The zero-order valence-corrected chi connectivity index (χ0v) is 12.9. The number of hydrogen-bond acceptors (Lipinski definition) is 4. The third-order valence-electron chi connectivity index (χ3n) is 3.48. The van der Waals surface area contributed by atoms with Gasteiger partial charge in [-0.15, -0.1) is 0 Å². The molecule has 6 nitrogen and oxygen atoms in total. The van der Waals surface area contributed by atoms with Crippen LogP contribution in [-0.4, -0.2) is 24.5 Å². The van der Waals surface area contributed by atoms with E-state index in [1.54, 1.807) is 18.2 Å². The summed E-state index contributed by atoms with van der Waals surface area (Å²) in [4.78, 5) is 23.3. The molecule has 0 radical (unpaired) electrons. The van der Waals surface area contributed by atoms with E-state index in [4.69, 9.17) is 10.5 Å². The highest BCUT2D eigenvalue weighted by molar-refractivity contribution is 5.98. The van der Waals surface area contributed by atoms with Gasteiger partial charge in [0.05, 0.1) is 18.3 Å². The molecule has 0 aliphatic carbocycles. The lowest BCUT2D eigenvalue weighted by Gasteiger charge is -2.25. The van der Waals surface area contributed by atoms with Crippen molar-refractivity contribution in [3.05, 3.63) is 18.2 Å². The summed E-state index contributed by atoms with van der Waals surface area (Å²) in [5, 5.41) is 5.44. The van der Waals surface area contributed by atoms with Gasteiger partial charge in [0, 0.05) is 18.7 Å². The van der Waals surface area contributed by atoms with E-state index < -0.39 is 5.54 Å². The van der Waals surface area contributed by atoms with Gasteiger partial charge in [-0.25, -0.2) is 0 Å². The number of nitrogens with two attached hydrogens (primary N) is 1. The van der Waals surface area contributed by atoms with Crippen LogP contribution in [0.1, 0.15) is 33.6 Å². The topological polar surface area (TPSA) is 93.5 Å². The van der Waals surface area contributed by atoms with Crippen LogP contribution < -0.4 is 21.1 Å². The second-order valence-electron chi connectivity index (χ2n) is 4.91. The van der Waals surface area contributed by atoms with Crippen molar-refractivity contribution in [3.63, 3.8) is 0 Å². The Morgan fingerprint density at radius 1 is 1.24 bits per heavy atom. The van der Waals surface area contributed by atoms with E-state index in [-0.39, 0.29) is 11.8 Å². The molecule has 0 bridgehead atoms. The highest BCUT2D eigenvalue weighted by Crippen LogP contribution is 2.28. The summed E-state index contributed by atoms with van der Waals surface area (Å²) in [6, 6.07) is 5.01. The van der Waals surface area contributed by atoms with Gasteiger partial charge in [-0.05, 0) is 25.0 Å². The van der Waals surface area contributed by atoms with E-state index in [0.29, 0.717) is 30.0 Å². The Kier molecular flexibility index (Phi) is 5.72. The number of methoxy groups -OCH3 is 1. The van der Waals surface area contributed by atoms with E-state index in [1.807, 2.05) is 13.8 Å². The monoisotopic (exact) mass is 293 g/mol. The first-order valence-electron chi connectivity index (χ1n) is 6.92. The summed E-state index contributed by atoms with van der Waals surface area (Å²) < 4.78 is 5.21. The van der Waals surface area contributed by atoms with Crippen LogP contribution in [0.5, 0.6) is 5.75 Å². The van der Waals surface area contributed by atoms with Crippen LogP contribution in [0.4, 0.5) is 11.4 Å². The van der Waals surface area contributed by atoms with Gasteiger partial charge in [0.2, 0.25) is 11.8 Å². The van der Waals surface area contributed by atoms with Crippen molar-refractivity contribution < 1.29 is 14.3 Å². The molecular formula is C15H23N3O3. The lowest BCUT2D eigenvalue weighted by atomic mass is 9.93. The zero-order chi connectivity index (χ0) is 16.0. The van der Waals surface area contributed by atoms with Gasteiger partial charge >= 0.3 is 0 Å². The standard InChI is InChI=1S/C15H23N3O3/c1-5-15(16,6-2)14(20)18-11-7-8-12(17-10(3)19)13(9-11)21-4/h7-9H,5-6,16H2,1-4H3,(H,17,19)(H,18,20). The molecule has 0 aromatic heterocycles. The maximum atomic E-state index is 12.2. The minimum Gasteiger partial charge on any atom is -0.494 e. The van der Waals surface area contributed by atoms with Crippen molar-refractivity contribution in [1.82, 2.24) is 0 Å². The fourth-order valence-electron chi connectivity index (χ4n) is 1.89. The van der Waals surface area contributed by atoms with Gasteiger partial charge in [-0.2, -0.15) is 0 Å². The van der Waals surface area contributed by atoms with Crippen molar-refractivity contribution in [3.8, 4) is 5.75 Å². The Labute approximate surface area is 125 Å². The Morgan fingerprint density at radius 3 is 2.33 bits per heavy atom. The summed E-state index contributed by atoms with van der Waals surface area (Å²) >= 11 is 0. The average molecular weight is 293 g/mol. The fraction of sp³-hybridized carbons (Fsp3) is 0.467. The van der Waals surface area contributed by atoms with E-state index in [9.17, 15) is 9.59 Å². The first-order valence-corrected chi connectivity index (χ1v) is 6.92. The quantitative estimate of drug-likeness (QED) is 0.749. The minimum atomic E-state index is -0.885. The van der Waals surface area contributed by atoms with Gasteiger partial charge < -0.3 is 21.1 Å². The lowest BCUT2D eigenvalue weighted by Crippen LogP contribution is -2.50. The molecule has 0 saturated heterocycles. The minimum absolute atomic E-state index is 0.192. The summed E-state index contributed by atoms with van der Waals surface area (Å²) in [6.45, 7) is 5.17. The van der Waals surface area contributed by atoms with Gasteiger partial charge in [0.1, 0.15) is 5.75 Å². The molecule has 0 fully saturated rings. The molecule has 6 heteroatoms. The second-order valence-corrected chi connectivity index (χ2v) is 4.91. The third-order valence-corrected chi connectivity index (χ3v) is 3.48. The number of carbonyl (C=O) groups excluding carboxylic acids is 2. The first kappa shape index (κ1) is 17.0. The Balaban J connectivity index is 2.95. The van der Waals surface area contributed by atoms with E-state index in [0.717, 1.165) is 0 Å². The van der Waals surface area contributed by atoms with Crippen molar-refractivity contribution >= 4 is 23.2 Å². The fourth-order valence-corrected chi connectivity index (χ4v) is 1.89. The predicted octanol–water partition coefficient (Wildman–Crippen LogP) is 2.11. The van der Waals surface area contributed by atoms with Crippen LogP contribution in [0.2, 0.25) is 0 Å². The molecule has 1 aromatic rings. The van der Waals surface area contributed by atoms with Crippen LogP contribution in [0.3, 0.4) is 0 Å². The largest absolute Gasteiger partial charge is 0.494 e. The van der Waals surface area contributed by atoms with E-state index in [1.165, 1.54) is 14.0 Å². The highest BCUT2D eigenvalue weighted by Gasteiger charge is 2.29. The smallest absolute Gasteiger partial charge is 0.244 e. The Morgan fingerprint density at radius 2 is 1.86 bits per heavy atom. The Hall–Kier alpha value is -2.08. The number of anilines is 2. The molecule has 0 aliphatic rings. The Bertz CT molecular complexity index is 525. The number of hydrogen-bond donors (Lipinski definition) is 3. The summed E-state index contributed by atoms with van der Waals surface area (Å²) in [5.41, 5.74) is 6.29. The van der Waals surface area contributed by atoms with Crippen LogP contribution in [0.15, 0.2) is 18.2 Å². The van der Waals surface area contributed by atoms with Crippen molar-refractivity contribution in [2.45, 2.75) is 39.2 Å². The highest BCUT2D eigenvalue weighted by atomic mass is 16.5. The molecule has 0 aliphatic heterocycles. The number of rotatable bonds is 6. The molecular weight excluding hydrogens is 270 g/mol. The zero-order valence-electron chi connectivity index (χ0n) is 12.9. The number of ether oxygens (including phenoxy) is 1. The molecule has 21 heavy (non-hydrogen) atoms. The van der Waals surface area contributed by atoms with Crippen molar-refractivity contribution in [2.75, 3.05) is 17.7 Å². The molecule has 116 valence electrons. The van der Waals surface area contributed by atoms with Gasteiger partial charge in [-0.3, -0.25) is 9.59 Å². The van der Waals surface area contributed by atoms with Gasteiger partial charge in [0.15, 0.2) is 0 Å². The maximum absolute atomic E-state index is 12.2.